The summed E-state index contributed by atoms with van der Waals surface area (Å²) in [6.07, 6.45) is 2.33. The van der Waals surface area contributed by atoms with Crippen LogP contribution in [0.25, 0.3) is 0 Å². The lowest BCUT2D eigenvalue weighted by atomic mass is 9.77. The van der Waals surface area contributed by atoms with E-state index in [-0.39, 0.29) is 17.8 Å². The molecule has 1 aromatic carbocycles. The molecule has 0 bridgehead atoms. The molecule has 2 rings (SSSR count). The third-order valence-corrected chi connectivity index (χ3v) is 4.23. The van der Waals surface area contributed by atoms with Crippen LogP contribution in [0.1, 0.15) is 39.2 Å². The van der Waals surface area contributed by atoms with Gasteiger partial charge in [-0.05, 0) is 63.6 Å². The van der Waals surface area contributed by atoms with Gasteiger partial charge in [0.15, 0.2) is 0 Å². The van der Waals surface area contributed by atoms with Gasteiger partial charge in [0, 0.05) is 12.0 Å². The number of aliphatic hydroxyl groups is 1. The zero-order valence-electron chi connectivity index (χ0n) is 14.1. The summed E-state index contributed by atoms with van der Waals surface area (Å²) in [7, 11) is 0. The van der Waals surface area contributed by atoms with Crippen LogP contribution in [0.3, 0.4) is 0 Å². The largest absolute Gasteiger partial charge is 0.508 e. The van der Waals surface area contributed by atoms with Crippen LogP contribution in [-0.2, 0) is 11.2 Å². The second kappa shape index (κ2) is 6.79. The highest BCUT2D eigenvalue weighted by Crippen LogP contribution is 2.47. The van der Waals surface area contributed by atoms with Crippen LogP contribution in [-0.4, -0.2) is 35.1 Å². The molecule has 0 heterocycles. The van der Waals surface area contributed by atoms with E-state index in [1.165, 1.54) is 0 Å². The molecule has 1 saturated carbocycles. The highest BCUT2D eigenvalue weighted by atomic mass is 16.6. The fourth-order valence-electron chi connectivity index (χ4n) is 2.87. The predicted molar refractivity (Wildman–Crippen MR) is 88.3 cm³/mol. The second-order valence-corrected chi connectivity index (χ2v) is 7.49. The third-order valence-electron chi connectivity index (χ3n) is 4.23. The molecule has 0 radical (unpaired) electrons. The molecule has 0 aliphatic heterocycles. The number of benzene rings is 1. The minimum absolute atomic E-state index is 0.00827. The van der Waals surface area contributed by atoms with E-state index in [2.05, 4.69) is 5.32 Å². The number of carbonyl (C=O) groups excluding carboxylic acids is 1. The number of hydrogen-bond acceptors (Lipinski definition) is 4. The minimum Gasteiger partial charge on any atom is -0.508 e. The Morgan fingerprint density at radius 1 is 1.26 bits per heavy atom. The summed E-state index contributed by atoms with van der Waals surface area (Å²) in [4.78, 5) is 11.9. The maximum atomic E-state index is 11.9. The molecular formula is C18H27NO4. The maximum absolute atomic E-state index is 11.9. The summed E-state index contributed by atoms with van der Waals surface area (Å²) in [6, 6.07) is 7.00. The molecule has 0 saturated heterocycles. The van der Waals surface area contributed by atoms with Gasteiger partial charge >= 0.3 is 6.09 Å². The smallest absolute Gasteiger partial charge is 0.407 e. The third kappa shape index (κ3) is 5.13. The Labute approximate surface area is 137 Å². The highest BCUT2D eigenvalue weighted by molar-refractivity contribution is 5.67. The average Bonchev–Trinajstić information content (AvgIpc) is 3.29. The van der Waals surface area contributed by atoms with Crippen molar-refractivity contribution in [2.45, 2.75) is 45.6 Å². The first kappa shape index (κ1) is 17.6. The van der Waals surface area contributed by atoms with Crippen LogP contribution in [0, 0.1) is 11.3 Å². The van der Waals surface area contributed by atoms with Crippen LogP contribution in [0.2, 0.25) is 0 Å². The number of nitrogens with one attached hydrogen (secondary N) is 1. The van der Waals surface area contributed by atoms with Crippen molar-refractivity contribution in [2.75, 3.05) is 13.2 Å². The van der Waals surface area contributed by atoms with Gasteiger partial charge in [-0.1, -0.05) is 12.1 Å². The Kier molecular flexibility index (Phi) is 5.19. The molecule has 1 aromatic rings. The number of rotatable bonds is 6. The number of aliphatic hydroxyl groups excluding tert-OH is 1. The number of alkyl carbamates (subject to hydrolysis) is 1. The van der Waals surface area contributed by atoms with Crippen LogP contribution in [0.4, 0.5) is 4.79 Å². The van der Waals surface area contributed by atoms with Crippen molar-refractivity contribution in [3.05, 3.63) is 29.8 Å². The fourth-order valence-corrected chi connectivity index (χ4v) is 2.87. The topological polar surface area (TPSA) is 78.8 Å². The Balaban J connectivity index is 2.04. The Bertz CT molecular complexity index is 531. The molecule has 1 aliphatic rings. The second-order valence-electron chi connectivity index (χ2n) is 7.49. The van der Waals surface area contributed by atoms with E-state index in [9.17, 15) is 15.0 Å². The maximum Gasteiger partial charge on any atom is 0.407 e. The Hall–Kier alpha value is -1.75. The van der Waals surface area contributed by atoms with Crippen molar-refractivity contribution in [2.24, 2.45) is 11.3 Å². The summed E-state index contributed by atoms with van der Waals surface area (Å²) in [5.74, 6) is 0.623. The van der Waals surface area contributed by atoms with Crippen molar-refractivity contribution in [1.29, 1.82) is 0 Å². The summed E-state index contributed by atoms with van der Waals surface area (Å²) in [5, 5.41) is 22.2. The number of aromatic hydroxyl groups is 1. The van der Waals surface area contributed by atoms with Gasteiger partial charge in [0.05, 0.1) is 6.61 Å². The molecule has 1 aliphatic carbocycles. The van der Waals surface area contributed by atoms with Crippen molar-refractivity contribution in [1.82, 2.24) is 5.32 Å². The van der Waals surface area contributed by atoms with E-state index < -0.39 is 11.7 Å². The molecule has 0 aromatic heterocycles. The minimum atomic E-state index is -0.539. The molecule has 1 amide bonds. The number of phenols is 1. The summed E-state index contributed by atoms with van der Waals surface area (Å²) >= 11 is 0. The summed E-state index contributed by atoms with van der Waals surface area (Å²) < 4.78 is 5.28. The summed E-state index contributed by atoms with van der Waals surface area (Å²) in [6.45, 7) is 5.86. The molecule has 0 spiro atoms. The van der Waals surface area contributed by atoms with Crippen LogP contribution < -0.4 is 5.32 Å². The molecule has 5 heteroatoms. The molecule has 1 atom stereocenters. The van der Waals surface area contributed by atoms with E-state index in [1.807, 2.05) is 32.9 Å². The van der Waals surface area contributed by atoms with Crippen LogP contribution >= 0.6 is 0 Å². The zero-order chi connectivity index (χ0) is 17.1. The number of hydrogen-bond donors (Lipinski definition) is 3. The van der Waals surface area contributed by atoms with Gasteiger partial charge in [-0.15, -0.1) is 0 Å². The predicted octanol–water partition coefficient (Wildman–Crippen LogP) is 2.85. The first-order chi connectivity index (χ1) is 10.7. The summed E-state index contributed by atoms with van der Waals surface area (Å²) in [5.41, 5.74) is 0.117. The van der Waals surface area contributed by atoms with Crippen LogP contribution in [0.5, 0.6) is 5.75 Å². The standard InChI is InChI=1S/C18H27NO4/c1-17(2,3)23-16(22)19-11-18(12-20,14-6-7-14)10-13-4-8-15(21)9-5-13/h4-5,8-9,14,20-21H,6-7,10-12H2,1-3H3,(H,19,22). The monoisotopic (exact) mass is 321 g/mol. The van der Waals surface area contributed by atoms with Gasteiger partial charge in [0.2, 0.25) is 0 Å². The molecular weight excluding hydrogens is 294 g/mol. The van der Waals surface area contributed by atoms with Crippen molar-refractivity contribution >= 4 is 6.09 Å². The SMILES string of the molecule is CC(C)(C)OC(=O)NCC(CO)(Cc1ccc(O)cc1)C1CC1. The highest BCUT2D eigenvalue weighted by Gasteiger charge is 2.45. The quantitative estimate of drug-likeness (QED) is 0.753. The van der Waals surface area contributed by atoms with Crippen molar-refractivity contribution in [3.63, 3.8) is 0 Å². The molecule has 5 nitrogen and oxygen atoms in total. The van der Waals surface area contributed by atoms with Crippen molar-refractivity contribution < 1.29 is 19.7 Å². The van der Waals surface area contributed by atoms with Gasteiger partial charge < -0.3 is 20.3 Å². The van der Waals surface area contributed by atoms with E-state index in [1.54, 1.807) is 12.1 Å². The van der Waals surface area contributed by atoms with Crippen LogP contribution in [0.15, 0.2) is 24.3 Å². The average molecular weight is 321 g/mol. The number of amides is 1. The normalized spacial score (nSPS) is 17.4. The van der Waals surface area contributed by atoms with Gasteiger partial charge in [-0.3, -0.25) is 0 Å². The first-order valence-electron chi connectivity index (χ1n) is 8.10. The molecule has 1 unspecified atom stereocenters. The van der Waals surface area contributed by atoms with Gasteiger partial charge in [-0.25, -0.2) is 4.79 Å². The van der Waals surface area contributed by atoms with E-state index in [0.29, 0.717) is 18.9 Å². The fraction of sp³-hybridized carbons (Fsp3) is 0.611. The van der Waals surface area contributed by atoms with E-state index in [4.69, 9.17) is 4.74 Å². The van der Waals surface area contributed by atoms with Gasteiger partial charge in [-0.2, -0.15) is 0 Å². The molecule has 128 valence electrons. The van der Waals surface area contributed by atoms with Gasteiger partial charge in [0.1, 0.15) is 11.4 Å². The molecule has 3 N–H and O–H groups in total. The Morgan fingerprint density at radius 2 is 1.87 bits per heavy atom. The molecule has 1 fully saturated rings. The number of phenolic OH excluding ortho intramolecular Hbond substituents is 1. The lowest BCUT2D eigenvalue weighted by Gasteiger charge is -2.33. The van der Waals surface area contributed by atoms with Gasteiger partial charge in [0.25, 0.3) is 0 Å². The molecule has 23 heavy (non-hydrogen) atoms. The Morgan fingerprint density at radius 3 is 2.35 bits per heavy atom. The number of ether oxygens (including phenoxy) is 1. The van der Waals surface area contributed by atoms with Crippen molar-refractivity contribution in [3.8, 4) is 5.75 Å². The zero-order valence-corrected chi connectivity index (χ0v) is 14.1. The van der Waals surface area contributed by atoms with E-state index in [0.717, 1.165) is 18.4 Å². The number of carbonyl (C=O) groups is 1. The first-order valence-corrected chi connectivity index (χ1v) is 8.10. The van der Waals surface area contributed by atoms with E-state index >= 15 is 0 Å². The lowest BCUT2D eigenvalue weighted by molar-refractivity contribution is 0.0439. The lowest BCUT2D eigenvalue weighted by Crippen LogP contribution is -2.44.